The Morgan fingerprint density at radius 3 is 2.42 bits per heavy atom. The predicted molar refractivity (Wildman–Crippen MR) is 193 cm³/mol. The highest BCUT2D eigenvalue weighted by Gasteiger charge is 2.27. The van der Waals surface area contributed by atoms with Gasteiger partial charge in [-0.3, -0.25) is 9.79 Å². The van der Waals surface area contributed by atoms with Crippen LogP contribution in [0.15, 0.2) is 95.0 Å². The van der Waals surface area contributed by atoms with E-state index in [0.29, 0.717) is 13.2 Å². The van der Waals surface area contributed by atoms with Gasteiger partial charge in [0.2, 0.25) is 5.91 Å². The van der Waals surface area contributed by atoms with E-state index in [2.05, 4.69) is 97.8 Å². The Hall–Kier alpha value is -3.88. The number of allylic oxidation sites excluding steroid dienone is 6. The number of nitrogens with one attached hydrogen (secondary N) is 2. The standard InChI is InChI=1S/C38H53N3O2.C2H2/c1-5-6-7-11-17-36(38(43)39-26-35(27-42)32-14-9-8-10-15-32)33-22-19-31(20-23-33)21-24-34-16-12-13-18-37(34)41-28-40-30(4)25-29(2)3;1-2/h8-10,12-16,18-20,22,25,33,35-36,41-42H,5-7,11,17,21,23-24,26-28H2,1-4H3,(H,39,43);1-2H/b40-30-;/t33?,35-,36?;/m0./s1. The zero-order valence-corrected chi connectivity index (χ0v) is 28.0. The van der Waals surface area contributed by atoms with Crippen molar-refractivity contribution in [2.45, 2.75) is 85.0 Å². The number of rotatable bonds is 18. The third-order valence-corrected chi connectivity index (χ3v) is 8.24. The fourth-order valence-electron chi connectivity index (χ4n) is 5.77. The summed E-state index contributed by atoms with van der Waals surface area (Å²) in [7, 11) is 0. The topological polar surface area (TPSA) is 73.7 Å². The van der Waals surface area contributed by atoms with Crippen LogP contribution < -0.4 is 10.6 Å². The molecule has 2 aromatic carbocycles. The molecule has 1 aliphatic carbocycles. The number of anilines is 1. The van der Waals surface area contributed by atoms with Crippen molar-refractivity contribution in [3.63, 3.8) is 0 Å². The molecule has 1 amide bonds. The Morgan fingerprint density at radius 2 is 1.76 bits per heavy atom. The Bertz CT molecular complexity index is 1280. The van der Waals surface area contributed by atoms with E-state index in [9.17, 15) is 9.90 Å². The Kier molecular flexibility index (Phi) is 18.0. The Morgan fingerprint density at radius 1 is 1.02 bits per heavy atom. The van der Waals surface area contributed by atoms with Crippen LogP contribution in [0.4, 0.5) is 5.69 Å². The van der Waals surface area contributed by atoms with E-state index in [1.807, 2.05) is 37.3 Å². The molecule has 0 spiro atoms. The number of aliphatic hydroxyl groups excluding tert-OH is 1. The number of benzene rings is 2. The summed E-state index contributed by atoms with van der Waals surface area (Å²) >= 11 is 0. The van der Waals surface area contributed by atoms with Gasteiger partial charge in [-0.25, -0.2) is 0 Å². The van der Waals surface area contributed by atoms with Gasteiger partial charge in [0.15, 0.2) is 0 Å². The van der Waals surface area contributed by atoms with E-state index < -0.39 is 0 Å². The van der Waals surface area contributed by atoms with E-state index in [-0.39, 0.29) is 30.3 Å². The lowest BCUT2D eigenvalue weighted by Crippen LogP contribution is -2.37. The van der Waals surface area contributed by atoms with Crippen LogP contribution in [-0.4, -0.2) is 36.5 Å². The molecule has 3 atom stereocenters. The highest BCUT2D eigenvalue weighted by atomic mass is 16.3. The zero-order valence-electron chi connectivity index (χ0n) is 28.0. The molecule has 0 aliphatic heterocycles. The molecule has 1 aliphatic rings. The fourth-order valence-corrected chi connectivity index (χ4v) is 5.77. The Labute approximate surface area is 273 Å². The van der Waals surface area contributed by atoms with Gasteiger partial charge in [0.05, 0.1) is 6.61 Å². The third kappa shape index (κ3) is 13.7. The van der Waals surface area contributed by atoms with E-state index in [4.69, 9.17) is 0 Å². The molecule has 242 valence electrons. The van der Waals surface area contributed by atoms with Gasteiger partial charge in [-0.1, -0.05) is 111 Å². The van der Waals surface area contributed by atoms with Gasteiger partial charge in [0, 0.05) is 29.8 Å². The van der Waals surface area contributed by atoms with Gasteiger partial charge in [-0.05, 0) is 75.6 Å². The fraction of sp³-hybridized carbons (Fsp3) is 0.450. The summed E-state index contributed by atoms with van der Waals surface area (Å²) in [4.78, 5) is 18.1. The van der Waals surface area contributed by atoms with Crippen LogP contribution >= 0.6 is 0 Å². The van der Waals surface area contributed by atoms with Crippen LogP contribution in [-0.2, 0) is 11.2 Å². The summed E-state index contributed by atoms with van der Waals surface area (Å²) in [5, 5.41) is 16.7. The van der Waals surface area contributed by atoms with Crippen LogP contribution in [0.2, 0.25) is 0 Å². The van der Waals surface area contributed by atoms with Crippen molar-refractivity contribution in [2.24, 2.45) is 16.8 Å². The summed E-state index contributed by atoms with van der Waals surface area (Å²) in [6.07, 6.45) is 25.2. The van der Waals surface area contributed by atoms with Crippen molar-refractivity contribution in [1.82, 2.24) is 5.32 Å². The SMILES string of the molecule is C#C.CCCCCCC(C(=O)NC[C@@H](CO)c1ccccc1)C1C=CC(CCc2ccccc2NC/N=C(/C)C=C(C)C)=CC1. The van der Waals surface area contributed by atoms with E-state index in [1.54, 1.807) is 0 Å². The van der Waals surface area contributed by atoms with Crippen molar-refractivity contribution in [1.29, 1.82) is 0 Å². The van der Waals surface area contributed by atoms with Crippen LogP contribution in [0.1, 0.15) is 89.7 Å². The van der Waals surface area contributed by atoms with E-state index in [0.717, 1.165) is 55.5 Å². The van der Waals surface area contributed by atoms with Crippen LogP contribution in [0, 0.1) is 24.7 Å². The number of aliphatic imine (C=N–C) groups is 1. The maximum Gasteiger partial charge on any atom is 0.223 e. The van der Waals surface area contributed by atoms with Gasteiger partial charge < -0.3 is 15.7 Å². The molecule has 0 aromatic heterocycles. The van der Waals surface area contributed by atoms with E-state index in [1.165, 1.54) is 29.6 Å². The van der Waals surface area contributed by atoms with Gasteiger partial charge in [-0.15, -0.1) is 12.8 Å². The molecule has 2 aromatic rings. The van der Waals surface area contributed by atoms with Gasteiger partial charge >= 0.3 is 0 Å². The van der Waals surface area contributed by atoms with Crippen molar-refractivity contribution in [2.75, 3.05) is 25.1 Å². The summed E-state index contributed by atoms with van der Waals surface area (Å²) < 4.78 is 0. The first-order valence-corrected chi connectivity index (χ1v) is 16.5. The van der Waals surface area contributed by atoms with Gasteiger partial charge in [0.1, 0.15) is 6.67 Å². The first kappa shape index (κ1) is 37.3. The van der Waals surface area contributed by atoms with Crippen LogP contribution in [0.25, 0.3) is 0 Å². The molecule has 0 heterocycles. The second-order valence-electron chi connectivity index (χ2n) is 12.0. The minimum atomic E-state index is -0.0927. The second-order valence-corrected chi connectivity index (χ2v) is 12.0. The van der Waals surface area contributed by atoms with Gasteiger partial charge in [-0.2, -0.15) is 0 Å². The number of carbonyl (C=O) groups is 1. The molecule has 5 nitrogen and oxygen atoms in total. The first-order valence-electron chi connectivity index (χ1n) is 16.5. The predicted octanol–water partition coefficient (Wildman–Crippen LogP) is 8.65. The molecule has 3 N–H and O–H groups in total. The molecule has 0 saturated carbocycles. The molecule has 3 rings (SSSR count). The maximum atomic E-state index is 13.5. The number of hydrogen-bond acceptors (Lipinski definition) is 4. The average Bonchev–Trinajstić information content (AvgIpc) is 3.06. The average molecular weight is 610 g/mol. The van der Waals surface area contributed by atoms with Crippen LogP contribution in [0.3, 0.4) is 0 Å². The normalized spacial score (nSPS) is 15.6. The monoisotopic (exact) mass is 609 g/mol. The summed E-state index contributed by atoms with van der Waals surface area (Å²) in [6.45, 7) is 9.45. The molecule has 0 saturated heterocycles. The third-order valence-electron chi connectivity index (χ3n) is 8.24. The van der Waals surface area contributed by atoms with Crippen LogP contribution in [0.5, 0.6) is 0 Å². The molecule has 0 radical (unpaired) electrons. The lowest BCUT2D eigenvalue weighted by Gasteiger charge is -2.27. The second kappa shape index (κ2) is 21.8. The number of para-hydroxylation sites is 1. The van der Waals surface area contributed by atoms with Crippen molar-refractivity contribution >= 4 is 17.3 Å². The lowest BCUT2D eigenvalue weighted by molar-refractivity contribution is -0.126. The summed E-state index contributed by atoms with van der Waals surface area (Å²) in [5.74, 6) is 0.163. The summed E-state index contributed by atoms with van der Waals surface area (Å²) in [5.41, 5.74) is 7.09. The molecule has 5 heteroatoms. The summed E-state index contributed by atoms with van der Waals surface area (Å²) in [6, 6.07) is 18.4. The van der Waals surface area contributed by atoms with Crippen molar-refractivity contribution in [3.8, 4) is 12.8 Å². The number of unbranched alkanes of at least 4 members (excludes halogenated alkanes) is 3. The molecule has 0 bridgehead atoms. The first-order chi connectivity index (χ1) is 21.9. The lowest BCUT2D eigenvalue weighted by atomic mass is 9.81. The van der Waals surface area contributed by atoms with E-state index >= 15 is 0 Å². The number of carbonyl (C=O) groups excluding carboxylic acids is 1. The number of aliphatic hydroxyl groups is 1. The van der Waals surface area contributed by atoms with Crippen molar-refractivity contribution in [3.05, 3.63) is 101 Å². The molecule has 45 heavy (non-hydrogen) atoms. The molecular weight excluding hydrogens is 554 g/mol. The highest BCUT2D eigenvalue weighted by Crippen LogP contribution is 2.30. The maximum absolute atomic E-state index is 13.5. The largest absolute Gasteiger partial charge is 0.396 e. The smallest absolute Gasteiger partial charge is 0.223 e. The minimum Gasteiger partial charge on any atom is -0.396 e. The van der Waals surface area contributed by atoms with Crippen molar-refractivity contribution < 1.29 is 9.90 Å². The molecule has 2 unspecified atom stereocenters. The number of amides is 1. The molecule has 0 fully saturated rings. The minimum absolute atomic E-state index is 0.0162. The zero-order chi connectivity index (χ0) is 32.9. The van der Waals surface area contributed by atoms with Gasteiger partial charge in [0.25, 0.3) is 0 Å². The quantitative estimate of drug-likeness (QED) is 0.0900. The number of aryl methyl sites for hydroxylation is 1. The number of hydrogen-bond donors (Lipinski definition) is 3. The number of nitrogens with zero attached hydrogens (tertiary/aromatic N) is 1. The number of terminal acetylenes is 1. The molecular formula is C40H55N3O2. The Balaban J connectivity index is 0.00000345. The highest BCUT2D eigenvalue weighted by molar-refractivity contribution is 5.93.